The molecule has 0 aromatic rings. The van der Waals surface area contributed by atoms with Crippen LogP contribution in [0.5, 0.6) is 0 Å². The first-order valence-electron chi connectivity index (χ1n) is 0.169. The summed E-state index contributed by atoms with van der Waals surface area (Å²) in [5.41, 5.74) is 0. The van der Waals surface area contributed by atoms with Crippen molar-refractivity contribution in [2.24, 2.45) is 0 Å². The number of rotatable bonds is 0. The number of hydrogen-bond donors (Lipinski definition) is 1. The van der Waals surface area contributed by atoms with Crippen LogP contribution in [-0.2, 0) is 0 Å². The van der Waals surface area contributed by atoms with E-state index in [0.29, 0.717) is 0 Å². The van der Waals surface area contributed by atoms with E-state index in [9.17, 15) is 0 Å². The van der Waals surface area contributed by atoms with Crippen molar-refractivity contribution in [2.75, 3.05) is 0 Å². The molecular formula is H9BrCaO5. The van der Waals surface area contributed by atoms with Crippen molar-refractivity contribution < 1.29 is 26.1 Å². The fraction of sp³-hybridized carbons (Fsp3) is 0. The summed E-state index contributed by atoms with van der Waals surface area (Å²) >= 11 is 1.94. The van der Waals surface area contributed by atoms with E-state index in [2.05, 4.69) is 0 Å². The van der Waals surface area contributed by atoms with Gasteiger partial charge in [-0.25, -0.2) is 0 Å². The number of hydrogen-bond acceptors (Lipinski definition) is 1. The summed E-state index contributed by atoms with van der Waals surface area (Å²) in [6.07, 6.45) is 0. The van der Waals surface area contributed by atoms with E-state index >= 15 is 0 Å². The van der Waals surface area contributed by atoms with E-state index in [4.69, 9.17) is 4.20 Å². The van der Waals surface area contributed by atoms with Gasteiger partial charge in [-0.2, -0.15) is 0 Å². The molecule has 0 aliphatic rings. The van der Waals surface area contributed by atoms with Crippen LogP contribution >= 0.6 is 16.3 Å². The van der Waals surface area contributed by atoms with Crippen LogP contribution in [0, 0.1) is 0 Å². The van der Waals surface area contributed by atoms with Gasteiger partial charge in [0.25, 0.3) is 0 Å². The molecule has 7 heteroatoms. The molecule has 0 aromatic carbocycles. The van der Waals surface area contributed by atoms with E-state index in [1.807, 2.05) is 16.3 Å². The van der Waals surface area contributed by atoms with Crippen molar-refractivity contribution in [1.82, 2.24) is 0 Å². The molecule has 0 aliphatic heterocycles. The van der Waals surface area contributed by atoms with E-state index in [1.54, 1.807) is 0 Å². The molecule has 0 aromatic heterocycles. The van der Waals surface area contributed by atoms with E-state index < -0.39 is 0 Å². The molecule has 0 rings (SSSR count). The number of halogens is 1. The van der Waals surface area contributed by atoms with Gasteiger partial charge in [0.05, 0.1) is 16.3 Å². The van der Waals surface area contributed by atoms with Gasteiger partial charge >= 0.3 is 0 Å². The third-order valence-electron chi connectivity index (χ3n) is 0. The zero-order valence-corrected chi connectivity index (χ0v) is 7.33. The zero-order valence-electron chi connectivity index (χ0n) is 3.53. The van der Waals surface area contributed by atoms with Gasteiger partial charge in [-0.1, -0.05) is 0 Å². The van der Waals surface area contributed by atoms with Crippen molar-refractivity contribution >= 4 is 54.0 Å². The predicted octanol–water partition coefficient (Wildman–Crippen LogP) is -3.39. The quantitative estimate of drug-likeness (QED) is 0.407. The van der Waals surface area contributed by atoms with E-state index in [1.165, 1.54) is 0 Å². The fourth-order valence-corrected chi connectivity index (χ4v) is 0. The molecule has 7 heavy (non-hydrogen) atoms. The van der Waals surface area contributed by atoms with Crippen molar-refractivity contribution in [2.45, 2.75) is 0 Å². The average molecular weight is 209 g/mol. The van der Waals surface area contributed by atoms with E-state index in [0.717, 1.165) is 0 Å². The molecule has 48 valence electrons. The van der Waals surface area contributed by atoms with Crippen LogP contribution in [-0.4, -0.2) is 63.8 Å². The van der Waals surface area contributed by atoms with Gasteiger partial charge in [-0.3, -0.25) is 0 Å². The summed E-state index contributed by atoms with van der Waals surface area (Å²) in [7, 11) is 0. The molecule has 0 bridgehead atoms. The summed E-state index contributed by atoms with van der Waals surface area (Å²) in [6, 6.07) is 0. The van der Waals surface area contributed by atoms with Crippen LogP contribution in [0.25, 0.3) is 0 Å². The zero-order chi connectivity index (χ0) is 2.00. The van der Waals surface area contributed by atoms with Gasteiger partial charge in [-0.15, -0.1) is 0 Å². The Morgan fingerprint density at radius 1 is 0.714 bits per heavy atom. The second kappa shape index (κ2) is 136. The second-order valence-electron chi connectivity index (χ2n) is 0. The van der Waals surface area contributed by atoms with Crippen molar-refractivity contribution in [3.05, 3.63) is 0 Å². The molecular weight excluding hydrogens is 200 g/mol. The minimum absolute atomic E-state index is 0. The first-order valence-corrected chi connectivity index (χ1v) is 0.878. The molecule has 2 radical (unpaired) electrons. The largest absolute Gasteiger partial charge is 0.412 e. The molecule has 5 nitrogen and oxygen atoms in total. The van der Waals surface area contributed by atoms with Crippen molar-refractivity contribution in [3.63, 3.8) is 0 Å². The Labute approximate surface area is 79.4 Å². The van der Waals surface area contributed by atoms with Crippen LogP contribution in [0.15, 0.2) is 0 Å². The molecule has 0 heterocycles. The third-order valence-corrected chi connectivity index (χ3v) is 0. The first-order chi connectivity index (χ1) is 1.00. The Balaban J connectivity index is -0.000000000500. The first kappa shape index (κ1) is 75.3. The Kier molecular flexibility index (Phi) is 1460. The summed E-state index contributed by atoms with van der Waals surface area (Å²) in [5, 5.41) is 0. The molecule has 0 saturated heterocycles. The minimum Gasteiger partial charge on any atom is -0.412 e. The monoisotopic (exact) mass is 208 g/mol. The average Bonchev–Trinajstić information content (AvgIpc) is 1.00. The normalized spacial score (nSPS) is 0.857. The van der Waals surface area contributed by atoms with Crippen LogP contribution < -0.4 is 0 Å². The molecule has 0 fully saturated rings. The predicted molar refractivity (Wildman–Crippen MR) is 31.4 cm³/mol. The molecule has 0 spiro atoms. The topological polar surface area (TPSA) is 146 Å². The van der Waals surface area contributed by atoms with Crippen LogP contribution in [0.2, 0.25) is 0 Å². The minimum atomic E-state index is 0. The van der Waals surface area contributed by atoms with Gasteiger partial charge in [0.2, 0.25) is 0 Å². The summed E-state index contributed by atoms with van der Waals surface area (Å²) < 4.78 is 6.81. The summed E-state index contributed by atoms with van der Waals surface area (Å²) in [5.74, 6) is 0. The van der Waals surface area contributed by atoms with Gasteiger partial charge in [-0.05, 0) is 0 Å². The summed E-state index contributed by atoms with van der Waals surface area (Å²) in [6.45, 7) is 0. The maximum Gasteiger partial charge on any atom is 0.0957 e. The van der Waals surface area contributed by atoms with Crippen LogP contribution in [0.4, 0.5) is 0 Å². The van der Waals surface area contributed by atoms with Gasteiger partial charge in [0.1, 0.15) is 0 Å². The Morgan fingerprint density at radius 2 is 0.714 bits per heavy atom. The second-order valence-corrected chi connectivity index (χ2v) is 0. The Bertz CT molecular complexity index is 8.04. The summed E-state index contributed by atoms with van der Waals surface area (Å²) in [4.78, 5) is 0. The van der Waals surface area contributed by atoms with Crippen molar-refractivity contribution in [1.29, 1.82) is 0 Å². The van der Waals surface area contributed by atoms with Gasteiger partial charge < -0.3 is 26.1 Å². The smallest absolute Gasteiger partial charge is 0.0957 e. The molecule has 9 N–H and O–H groups in total. The maximum atomic E-state index is 6.81. The molecule has 0 saturated carbocycles. The SMILES string of the molecule is O.O.O.O.OBr.[Ca]. The molecule has 0 unspecified atom stereocenters. The third kappa shape index (κ3) is 97.6. The Hall–Kier alpha value is 1.54. The van der Waals surface area contributed by atoms with E-state index in [-0.39, 0.29) is 59.6 Å². The van der Waals surface area contributed by atoms with Crippen LogP contribution in [0.3, 0.4) is 0 Å². The maximum absolute atomic E-state index is 6.81. The van der Waals surface area contributed by atoms with Gasteiger partial charge in [0.15, 0.2) is 0 Å². The fourth-order valence-electron chi connectivity index (χ4n) is 0. The standard InChI is InChI=1S/BrHO.Ca.4H2O/c1-2;;;;;/h2H;;4*1H2. The molecule has 0 amide bonds. The van der Waals surface area contributed by atoms with Crippen molar-refractivity contribution in [3.8, 4) is 0 Å². The molecule has 0 atom stereocenters. The molecule has 0 aliphatic carbocycles. The van der Waals surface area contributed by atoms with Crippen LogP contribution in [0.1, 0.15) is 0 Å². The Morgan fingerprint density at radius 3 is 0.714 bits per heavy atom. The van der Waals surface area contributed by atoms with Gasteiger partial charge in [0, 0.05) is 37.7 Å².